The monoisotopic (exact) mass is 461 g/mol. The van der Waals surface area contributed by atoms with Gasteiger partial charge in [0, 0.05) is 26.2 Å². The van der Waals surface area contributed by atoms with Crippen LogP contribution >= 0.6 is 36.2 Å². The van der Waals surface area contributed by atoms with Crippen molar-refractivity contribution in [3.63, 3.8) is 0 Å². The fraction of sp³-hybridized carbons (Fsp3) is 0.579. The fourth-order valence-electron chi connectivity index (χ4n) is 3.57. The van der Waals surface area contributed by atoms with E-state index in [2.05, 4.69) is 10.1 Å². The van der Waals surface area contributed by atoms with E-state index < -0.39 is 0 Å². The molecule has 0 radical (unpaired) electrons. The summed E-state index contributed by atoms with van der Waals surface area (Å²) in [5.41, 5.74) is 8.60. The zero-order valence-electron chi connectivity index (χ0n) is 17.4. The molecule has 29 heavy (non-hydrogen) atoms. The highest BCUT2D eigenvalue weighted by Gasteiger charge is 2.28. The van der Waals surface area contributed by atoms with Crippen LogP contribution in [0.3, 0.4) is 0 Å². The minimum absolute atomic E-state index is 0. The van der Waals surface area contributed by atoms with Crippen molar-refractivity contribution in [2.24, 2.45) is 18.7 Å². The van der Waals surface area contributed by atoms with E-state index in [1.807, 2.05) is 32.6 Å². The Kier molecular flexibility index (Phi) is 8.83. The molecule has 3 heterocycles. The van der Waals surface area contributed by atoms with Gasteiger partial charge >= 0.3 is 0 Å². The molecule has 0 saturated carbocycles. The maximum Gasteiger partial charge on any atom is 0.277 e. The molecule has 1 saturated heterocycles. The Labute approximate surface area is 187 Å². The summed E-state index contributed by atoms with van der Waals surface area (Å²) < 4.78 is 1.33. The number of piperidine rings is 1. The van der Waals surface area contributed by atoms with Gasteiger partial charge in [0.25, 0.3) is 11.5 Å². The minimum atomic E-state index is -0.191. The SMILES string of the molecule is Cc1nc(-c2c(C)c(C)nn(C)c2=O)sc1C(=O)N1CCC(C(C)N)CC1.Cl.Cl. The number of nitrogens with two attached hydrogens (primary N) is 1. The molecule has 1 amide bonds. The number of rotatable bonds is 3. The van der Waals surface area contributed by atoms with E-state index in [9.17, 15) is 9.59 Å². The molecule has 162 valence electrons. The Bertz CT molecular complexity index is 933. The first-order valence-electron chi connectivity index (χ1n) is 9.27. The molecular formula is C19H29Cl2N5O2S. The number of likely N-dealkylation sites (tertiary alicyclic amines) is 1. The number of nitrogens with zero attached hydrogens (tertiary/aromatic N) is 4. The van der Waals surface area contributed by atoms with Gasteiger partial charge < -0.3 is 10.6 Å². The van der Waals surface area contributed by atoms with Gasteiger partial charge in [-0.1, -0.05) is 0 Å². The van der Waals surface area contributed by atoms with Gasteiger partial charge in [-0.3, -0.25) is 9.59 Å². The number of thiazole rings is 1. The lowest BCUT2D eigenvalue weighted by Gasteiger charge is -2.33. The van der Waals surface area contributed by atoms with Crippen LogP contribution in [0, 0.1) is 26.7 Å². The molecule has 0 aromatic carbocycles. The van der Waals surface area contributed by atoms with Gasteiger partial charge in [0.15, 0.2) is 0 Å². The number of hydrogen-bond acceptors (Lipinski definition) is 6. The number of aromatic nitrogens is 3. The van der Waals surface area contributed by atoms with Gasteiger partial charge in [-0.05, 0) is 52.0 Å². The van der Waals surface area contributed by atoms with Gasteiger partial charge in [-0.15, -0.1) is 36.2 Å². The van der Waals surface area contributed by atoms with Crippen molar-refractivity contribution in [2.45, 2.75) is 46.6 Å². The summed E-state index contributed by atoms with van der Waals surface area (Å²) in [5, 5.41) is 4.80. The Morgan fingerprint density at radius 1 is 1.17 bits per heavy atom. The number of halogens is 2. The van der Waals surface area contributed by atoms with Crippen molar-refractivity contribution in [2.75, 3.05) is 13.1 Å². The van der Waals surface area contributed by atoms with Crippen LogP contribution in [0.15, 0.2) is 4.79 Å². The normalized spacial score (nSPS) is 15.4. The average molecular weight is 462 g/mol. The Morgan fingerprint density at radius 2 is 1.76 bits per heavy atom. The fourth-order valence-corrected chi connectivity index (χ4v) is 4.70. The molecule has 1 fully saturated rings. The molecule has 10 heteroatoms. The summed E-state index contributed by atoms with van der Waals surface area (Å²) in [4.78, 5) is 32.7. The predicted molar refractivity (Wildman–Crippen MR) is 122 cm³/mol. The second kappa shape index (κ2) is 10.0. The van der Waals surface area contributed by atoms with Gasteiger partial charge in [0.05, 0.1) is 17.0 Å². The summed E-state index contributed by atoms with van der Waals surface area (Å²) in [6, 6.07) is 0.160. The van der Waals surface area contributed by atoms with E-state index in [4.69, 9.17) is 5.73 Å². The predicted octanol–water partition coefficient (Wildman–Crippen LogP) is 2.87. The molecule has 1 aliphatic heterocycles. The number of hydrogen-bond donors (Lipinski definition) is 1. The highest BCUT2D eigenvalue weighted by molar-refractivity contribution is 7.17. The lowest BCUT2D eigenvalue weighted by Crippen LogP contribution is -2.42. The number of aryl methyl sites for hydroxylation is 3. The Hall–Kier alpha value is -1.48. The average Bonchev–Trinajstić information content (AvgIpc) is 3.01. The van der Waals surface area contributed by atoms with Gasteiger partial charge in [-0.25, -0.2) is 9.67 Å². The molecule has 0 spiro atoms. The molecule has 0 aliphatic carbocycles. The van der Waals surface area contributed by atoms with Gasteiger partial charge in [0.2, 0.25) is 0 Å². The topological polar surface area (TPSA) is 94.1 Å². The summed E-state index contributed by atoms with van der Waals surface area (Å²) in [7, 11) is 1.63. The van der Waals surface area contributed by atoms with Crippen molar-refractivity contribution in [3.05, 3.63) is 32.2 Å². The summed E-state index contributed by atoms with van der Waals surface area (Å²) in [6.45, 7) is 9.03. The van der Waals surface area contributed by atoms with Crippen molar-refractivity contribution in [1.82, 2.24) is 19.7 Å². The zero-order valence-corrected chi connectivity index (χ0v) is 19.8. The maximum atomic E-state index is 13.0. The molecule has 2 N–H and O–H groups in total. The molecule has 1 aliphatic rings. The van der Waals surface area contributed by atoms with E-state index in [-0.39, 0.29) is 42.3 Å². The lowest BCUT2D eigenvalue weighted by atomic mass is 9.91. The summed E-state index contributed by atoms with van der Waals surface area (Å²) in [6.07, 6.45) is 1.86. The van der Waals surface area contributed by atoms with Crippen LogP contribution in [0.25, 0.3) is 10.6 Å². The van der Waals surface area contributed by atoms with E-state index in [0.29, 0.717) is 40.1 Å². The number of carbonyl (C=O) groups excluding carboxylic acids is 1. The van der Waals surface area contributed by atoms with Crippen molar-refractivity contribution in [1.29, 1.82) is 0 Å². The Morgan fingerprint density at radius 3 is 2.31 bits per heavy atom. The minimum Gasteiger partial charge on any atom is -0.338 e. The molecule has 2 aromatic heterocycles. The van der Waals surface area contributed by atoms with E-state index in [0.717, 1.165) is 24.1 Å². The lowest BCUT2D eigenvalue weighted by molar-refractivity contribution is 0.0685. The smallest absolute Gasteiger partial charge is 0.277 e. The third-order valence-corrected chi connectivity index (χ3v) is 6.66. The largest absolute Gasteiger partial charge is 0.338 e. The second-order valence-electron chi connectivity index (χ2n) is 7.44. The van der Waals surface area contributed by atoms with Crippen molar-refractivity contribution >= 4 is 42.1 Å². The van der Waals surface area contributed by atoms with Gasteiger partial charge in [-0.2, -0.15) is 5.10 Å². The van der Waals surface area contributed by atoms with Crippen LogP contribution in [0.2, 0.25) is 0 Å². The standard InChI is InChI=1S/C19H27N5O2S.2ClH/c1-10-12(3)22-23(5)18(25)15(10)17-21-13(4)16(27-17)19(26)24-8-6-14(7-9-24)11(2)20;;/h11,14H,6-9,20H2,1-5H3;2*1H. The first-order chi connectivity index (χ1) is 12.7. The molecular weight excluding hydrogens is 433 g/mol. The number of amides is 1. The van der Waals surface area contributed by atoms with Crippen LogP contribution in [0.4, 0.5) is 0 Å². The highest BCUT2D eigenvalue weighted by Crippen LogP contribution is 2.30. The zero-order chi connectivity index (χ0) is 19.9. The summed E-state index contributed by atoms with van der Waals surface area (Å²) in [5.74, 6) is 0.470. The van der Waals surface area contributed by atoms with Crippen molar-refractivity contribution < 1.29 is 4.79 Å². The highest BCUT2D eigenvalue weighted by atomic mass is 35.5. The maximum absolute atomic E-state index is 13.0. The molecule has 0 bridgehead atoms. The Balaban J connectivity index is 0.00000210. The third-order valence-electron chi connectivity index (χ3n) is 5.50. The molecule has 2 aromatic rings. The molecule has 1 atom stereocenters. The van der Waals surface area contributed by atoms with Crippen LogP contribution in [0.1, 0.15) is 46.4 Å². The quantitative estimate of drug-likeness (QED) is 0.757. The second-order valence-corrected chi connectivity index (χ2v) is 8.44. The van der Waals surface area contributed by atoms with Crippen LogP contribution < -0.4 is 11.3 Å². The van der Waals surface area contributed by atoms with Crippen LogP contribution in [-0.4, -0.2) is 44.7 Å². The molecule has 3 rings (SSSR count). The summed E-state index contributed by atoms with van der Waals surface area (Å²) >= 11 is 1.30. The van der Waals surface area contributed by atoms with E-state index in [1.54, 1.807) is 7.05 Å². The first-order valence-corrected chi connectivity index (χ1v) is 10.1. The van der Waals surface area contributed by atoms with E-state index in [1.165, 1.54) is 16.0 Å². The molecule has 1 unspecified atom stereocenters. The van der Waals surface area contributed by atoms with Gasteiger partial charge in [0.1, 0.15) is 9.88 Å². The molecule has 7 nitrogen and oxygen atoms in total. The van der Waals surface area contributed by atoms with Crippen molar-refractivity contribution in [3.8, 4) is 10.6 Å². The van der Waals surface area contributed by atoms with Crippen LogP contribution in [-0.2, 0) is 7.05 Å². The third kappa shape index (κ3) is 4.99. The van der Waals surface area contributed by atoms with Crippen LogP contribution in [0.5, 0.6) is 0 Å². The number of carbonyl (C=O) groups is 1. The first kappa shape index (κ1) is 25.6. The van der Waals surface area contributed by atoms with E-state index >= 15 is 0 Å².